The summed E-state index contributed by atoms with van der Waals surface area (Å²) in [6.45, 7) is 15.9. The lowest BCUT2D eigenvalue weighted by molar-refractivity contribution is 0.686. The first-order chi connectivity index (χ1) is 12.3. The van der Waals surface area contributed by atoms with Gasteiger partial charge >= 0.3 is 0 Å². The maximum Gasteiger partial charge on any atom is 0.0900 e. The zero-order valence-electron chi connectivity index (χ0n) is 17.2. The van der Waals surface area contributed by atoms with E-state index in [2.05, 4.69) is 90.9 Å². The Morgan fingerprint density at radius 1 is 0.692 bits per heavy atom. The minimum atomic E-state index is 0.517. The van der Waals surface area contributed by atoms with Crippen molar-refractivity contribution in [2.75, 3.05) is 0 Å². The van der Waals surface area contributed by atoms with Gasteiger partial charge in [0.25, 0.3) is 0 Å². The molecule has 134 valence electrons. The fraction of sp³-hybridized carbons (Fsp3) is 0.360. The average molecular weight is 359 g/mol. The maximum absolute atomic E-state index is 2.39. The fourth-order valence-corrected chi connectivity index (χ4v) is 6.34. The minimum absolute atomic E-state index is 0.517. The minimum Gasteiger partial charge on any atom is -0.0630 e. The Morgan fingerprint density at radius 2 is 1.27 bits per heavy atom. The number of benzene rings is 2. The Hall–Kier alpha value is -1.86. The van der Waals surface area contributed by atoms with Gasteiger partial charge in [0.05, 0.1) is 9.52 Å². The van der Waals surface area contributed by atoms with Gasteiger partial charge in [-0.05, 0) is 70.7 Å². The Balaban J connectivity index is 2.09. The number of hydrogen-bond acceptors (Lipinski definition) is 0. The van der Waals surface area contributed by atoms with E-state index in [0.29, 0.717) is 11.5 Å². The molecule has 0 N–H and O–H groups in total. The maximum atomic E-state index is 2.39. The second kappa shape index (κ2) is 7.40. The van der Waals surface area contributed by atoms with Gasteiger partial charge in [-0.1, -0.05) is 75.5 Å². The highest BCUT2D eigenvalue weighted by Gasteiger charge is 2.33. The first-order valence-electron chi connectivity index (χ1n) is 9.54. The summed E-state index contributed by atoms with van der Waals surface area (Å²) in [5.41, 5.74) is 12.2. The highest BCUT2D eigenvalue weighted by atomic mass is 28.2. The lowest BCUT2D eigenvalue weighted by Crippen LogP contribution is -2.29. The Morgan fingerprint density at radius 3 is 1.81 bits per heavy atom. The van der Waals surface area contributed by atoms with Crippen molar-refractivity contribution < 1.29 is 0 Å². The van der Waals surface area contributed by atoms with Gasteiger partial charge < -0.3 is 0 Å². The summed E-state index contributed by atoms with van der Waals surface area (Å²) in [7, 11) is 0.779. The topological polar surface area (TPSA) is 0 Å². The molecule has 0 nitrogen and oxygen atoms in total. The van der Waals surface area contributed by atoms with Crippen molar-refractivity contribution in [3.05, 3.63) is 87.0 Å². The van der Waals surface area contributed by atoms with E-state index < -0.39 is 0 Å². The normalized spacial score (nSPS) is 16.6. The molecule has 3 rings (SSSR count). The molecule has 2 aromatic rings. The van der Waals surface area contributed by atoms with Crippen molar-refractivity contribution in [1.29, 1.82) is 0 Å². The van der Waals surface area contributed by atoms with Crippen LogP contribution in [-0.2, 0) is 0 Å². The van der Waals surface area contributed by atoms with Crippen LogP contribution in [-0.4, -0.2) is 9.52 Å². The van der Waals surface area contributed by atoms with Crippen LogP contribution in [0, 0.1) is 26.7 Å². The standard InChI is InChI=1S/C25H30Si/c1-15-9-8-10-22(12-15)25(24-20(6)18(4)19(5)21(24)7)26-23-13-16(2)11-17(3)14-23/h8-14,24-25H,1-7H3. The van der Waals surface area contributed by atoms with Gasteiger partial charge in [0.2, 0.25) is 0 Å². The molecule has 0 saturated carbocycles. The molecule has 1 aliphatic rings. The third-order valence-corrected chi connectivity index (χ3v) is 7.56. The summed E-state index contributed by atoms with van der Waals surface area (Å²) >= 11 is 0. The molecule has 0 spiro atoms. The van der Waals surface area contributed by atoms with Crippen molar-refractivity contribution in [2.24, 2.45) is 5.92 Å². The van der Waals surface area contributed by atoms with Gasteiger partial charge in [0.1, 0.15) is 0 Å². The Bertz CT molecular complexity index is 854. The molecule has 1 atom stereocenters. The molecular weight excluding hydrogens is 328 g/mol. The Labute approximate surface area is 161 Å². The number of rotatable bonds is 4. The number of hydrogen-bond donors (Lipinski definition) is 0. The Kier molecular flexibility index (Phi) is 5.38. The van der Waals surface area contributed by atoms with E-state index in [9.17, 15) is 0 Å². The van der Waals surface area contributed by atoms with Crippen LogP contribution in [0.3, 0.4) is 0 Å². The molecule has 0 aromatic heterocycles. The first kappa shape index (κ1) is 18.9. The van der Waals surface area contributed by atoms with Crippen molar-refractivity contribution in [3.8, 4) is 0 Å². The van der Waals surface area contributed by atoms with Gasteiger partial charge in [-0.15, -0.1) is 0 Å². The molecule has 1 aliphatic carbocycles. The van der Waals surface area contributed by atoms with Gasteiger partial charge in [0.15, 0.2) is 0 Å². The average Bonchev–Trinajstić information content (AvgIpc) is 2.76. The lowest BCUT2D eigenvalue weighted by Gasteiger charge is -2.28. The first-order valence-corrected chi connectivity index (χ1v) is 10.6. The predicted octanol–water partition coefficient (Wildman–Crippen LogP) is 5.99. The molecule has 26 heavy (non-hydrogen) atoms. The van der Waals surface area contributed by atoms with Gasteiger partial charge in [-0.2, -0.15) is 0 Å². The second-order valence-corrected chi connectivity index (χ2v) is 9.49. The fourth-order valence-electron chi connectivity index (χ4n) is 4.34. The van der Waals surface area contributed by atoms with E-state index in [1.165, 1.54) is 38.6 Å². The molecule has 0 saturated heterocycles. The summed E-state index contributed by atoms with van der Waals surface area (Å²) in [5, 5.41) is 1.48. The van der Waals surface area contributed by atoms with E-state index in [1.807, 2.05) is 0 Å². The molecule has 0 amide bonds. The van der Waals surface area contributed by atoms with Crippen LogP contribution in [0.1, 0.15) is 55.5 Å². The summed E-state index contributed by atoms with van der Waals surface area (Å²) in [6, 6.07) is 16.2. The van der Waals surface area contributed by atoms with Gasteiger partial charge in [-0.25, -0.2) is 0 Å². The second-order valence-electron chi connectivity index (χ2n) is 8.01. The highest BCUT2D eigenvalue weighted by Crippen LogP contribution is 2.44. The monoisotopic (exact) mass is 358 g/mol. The van der Waals surface area contributed by atoms with E-state index in [0.717, 1.165) is 9.52 Å². The molecule has 0 fully saturated rings. The summed E-state index contributed by atoms with van der Waals surface area (Å²) in [6.07, 6.45) is 0. The van der Waals surface area contributed by atoms with E-state index in [4.69, 9.17) is 0 Å². The van der Waals surface area contributed by atoms with E-state index in [-0.39, 0.29) is 0 Å². The smallest absolute Gasteiger partial charge is 0.0630 e. The molecule has 0 aliphatic heterocycles. The molecular formula is C25H30Si. The number of aryl methyl sites for hydroxylation is 3. The molecule has 2 radical (unpaired) electrons. The lowest BCUT2D eigenvalue weighted by atomic mass is 9.88. The third kappa shape index (κ3) is 3.64. The molecule has 0 bridgehead atoms. The molecule has 2 aromatic carbocycles. The largest absolute Gasteiger partial charge is 0.0900 e. The van der Waals surface area contributed by atoms with Crippen LogP contribution in [0.5, 0.6) is 0 Å². The van der Waals surface area contributed by atoms with Crippen LogP contribution in [0.2, 0.25) is 0 Å². The highest BCUT2D eigenvalue weighted by molar-refractivity contribution is 6.55. The van der Waals surface area contributed by atoms with Gasteiger partial charge in [0, 0.05) is 5.92 Å². The quantitative estimate of drug-likeness (QED) is 0.589. The van der Waals surface area contributed by atoms with Gasteiger partial charge in [-0.3, -0.25) is 0 Å². The van der Waals surface area contributed by atoms with Crippen LogP contribution >= 0.6 is 0 Å². The zero-order chi connectivity index (χ0) is 19.0. The van der Waals surface area contributed by atoms with Crippen molar-refractivity contribution in [1.82, 2.24) is 0 Å². The summed E-state index contributed by atoms with van der Waals surface area (Å²) in [5.74, 6) is 0.524. The van der Waals surface area contributed by atoms with Crippen molar-refractivity contribution >= 4 is 14.7 Å². The SMILES string of the molecule is CC1=C(C)C(C([Si]c2cc(C)cc(C)c2)c2cccc(C)c2)C(C)=C1C. The molecule has 1 unspecified atom stereocenters. The van der Waals surface area contributed by atoms with Crippen molar-refractivity contribution in [3.63, 3.8) is 0 Å². The van der Waals surface area contributed by atoms with Crippen LogP contribution in [0.15, 0.2) is 64.8 Å². The number of allylic oxidation sites excluding steroid dienone is 4. The van der Waals surface area contributed by atoms with Crippen molar-refractivity contribution in [2.45, 2.75) is 54.0 Å². The van der Waals surface area contributed by atoms with E-state index >= 15 is 0 Å². The predicted molar refractivity (Wildman–Crippen MR) is 115 cm³/mol. The van der Waals surface area contributed by atoms with Crippen LogP contribution in [0.25, 0.3) is 0 Å². The van der Waals surface area contributed by atoms with E-state index in [1.54, 1.807) is 11.1 Å². The molecule has 1 heteroatoms. The third-order valence-electron chi connectivity index (χ3n) is 5.96. The van der Waals surface area contributed by atoms with Crippen LogP contribution in [0.4, 0.5) is 0 Å². The summed E-state index contributed by atoms with van der Waals surface area (Å²) in [4.78, 5) is 0. The zero-order valence-corrected chi connectivity index (χ0v) is 18.2. The van der Waals surface area contributed by atoms with Crippen LogP contribution < -0.4 is 5.19 Å². The summed E-state index contributed by atoms with van der Waals surface area (Å²) < 4.78 is 0. The molecule has 0 heterocycles.